The van der Waals surface area contributed by atoms with E-state index >= 15 is 0 Å². The third-order valence-electron chi connectivity index (χ3n) is 4.69. The van der Waals surface area contributed by atoms with Crippen molar-refractivity contribution in [3.8, 4) is 0 Å². The van der Waals surface area contributed by atoms with E-state index in [1.165, 1.54) is 24.3 Å². The molecule has 0 fully saturated rings. The number of benzene rings is 3. The Morgan fingerprint density at radius 2 is 1.57 bits per heavy atom. The molecule has 30 heavy (non-hydrogen) atoms. The van der Waals surface area contributed by atoms with E-state index < -0.39 is 22.0 Å². The predicted octanol–water partition coefficient (Wildman–Crippen LogP) is 4.21. The van der Waals surface area contributed by atoms with Gasteiger partial charge in [0.25, 0.3) is 10.0 Å². The molecule has 3 aromatic rings. The molecule has 1 atom stereocenters. The minimum Gasteiger partial charge on any atom is -0.348 e. The summed E-state index contributed by atoms with van der Waals surface area (Å²) in [6.45, 7) is 3.24. The number of aryl methyl sites for hydroxylation is 1. The molecule has 0 saturated heterocycles. The van der Waals surface area contributed by atoms with Crippen LogP contribution < -0.4 is 9.62 Å². The molecule has 0 aliphatic carbocycles. The van der Waals surface area contributed by atoms with E-state index in [0.29, 0.717) is 5.69 Å². The first kappa shape index (κ1) is 21.5. The fraction of sp³-hybridized carbons (Fsp3) is 0.174. The number of nitrogens with zero attached hydrogens (tertiary/aromatic N) is 1. The standard InChI is InChI=1S/C23H23FN2O3S/c1-17-8-14-22(15-9-17)30(28,29)26(21-6-4-3-5-7-21)16-23(27)25-18(2)19-10-12-20(24)13-11-19/h3-15,18H,16H2,1-2H3,(H,25,27)/t18-/m1/s1. The summed E-state index contributed by atoms with van der Waals surface area (Å²) in [5.74, 6) is -0.830. The molecule has 3 aromatic carbocycles. The Hall–Kier alpha value is -3.19. The molecular formula is C23H23FN2O3S. The molecule has 3 rings (SSSR count). The second kappa shape index (κ2) is 9.09. The summed E-state index contributed by atoms with van der Waals surface area (Å²) in [4.78, 5) is 12.8. The van der Waals surface area contributed by atoms with Gasteiger partial charge >= 0.3 is 0 Å². The van der Waals surface area contributed by atoms with Crippen LogP contribution in [0.2, 0.25) is 0 Å². The second-order valence-corrected chi connectivity index (χ2v) is 8.86. The molecule has 0 radical (unpaired) electrons. The monoisotopic (exact) mass is 426 g/mol. The van der Waals surface area contributed by atoms with Crippen LogP contribution in [0, 0.1) is 12.7 Å². The Labute approximate surface area is 176 Å². The van der Waals surface area contributed by atoms with Crippen molar-refractivity contribution in [1.29, 1.82) is 0 Å². The molecule has 0 spiro atoms. The number of amides is 1. The summed E-state index contributed by atoms with van der Waals surface area (Å²) < 4.78 is 40.8. The van der Waals surface area contributed by atoms with E-state index in [1.807, 2.05) is 6.92 Å². The van der Waals surface area contributed by atoms with Crippen LogP contribution in [0.3, 0.4) is 0 Å². The van der Waals surface area contributed by atoms with Crippen molar-refractivity contribution >= 4 is 21.6 Å². The van der Waals surface area contributed by atoms with E-state index in [9.17, 15) is 17.6 Å². The molecule has 7 heteroatoms. The lowest BCUT2D eigenvalue weighted by molar-refractivity contribution is -0.120. The Bertz CT molecular complexity index is 1100. The number of sulfonamides is 1. The summed E-state index contributed by atoms with van der Waals surface area (Å²) >= 11 is 0. The predicted molar refractivity (Wildman–Crippen MR) is 115 cm³/mol. The number of carbonyl (C=O) groups excluding carboxylic acids is 1. The van der Waals surface area contributed by atoms with Crippen molar-refractivity contribution in [2.45, 2.75) is 24.8 Å². The maximum absolute atomic E-state index is 13.3. The smallest absolute Gasteiger partial charge is 0.264 e. The van der Waals surface area contributed by atoms with Crippen LogP contribution in [0.15, 0.2) is 83.8 Å². The van der Waals surface area contributed by atoms with Crippen molar-refractivity contribution in [3.63, 3.8) is 0 Å². The quantitative estimate of drug-likeness (QED) is 0.616. The minimum atomic E-state index is -3.95. The van der Waals surface area contributed by atoms with Gasteiger partial charge < -0.3 is 5.32 Å². The average molecular weight is 427 g/mol. The van der Waals surface area contributed by atoms with Crippen molar-refractivity contribution in [1.82, 2.24) is 5.32 Å². The summed E-state index contributed by atoms with van der Waals surface area (Å²) in [5.41, 5.74) is 2.05. The zero-order valence-corrected chi connectivity index (χ0v) is 17.6. The highest BCUT2D eigenvalue weighted by Crippen LogP contribution is 2.24. The first-order chi connectivity index (χ1) is 14.3. The van der Waals surface area contributed by atoms with Gasteiger partial charge in [0.2, 0.25) is 5.91 Å². The van der Waals surface area contributed by atoms with Crippen LogP contribution in [-0.4, -0.2) is 20.9 Å². The molecule has 0 saturated carbocycles. The van der Waals surface area contributed by atoms with E-state index in [-0.39, 0.29) is 17.3 Å². The molecule has 0 aromatic heterocycles. The lowest BCUT2D eigenvalue weighted by atomic mass is 10.1. The van der Waals surface area contributed by atoms with Gasteiger partial charge in [0.1, 0.15) is 12.4 Å². The number of anilines is 1. The van der Waals surface area contributed by atoms with Crippen LogP contribution in [0.5, 0.6) is 0 Å². The summed E-state index contributed by atoms with van der Waals surface area (Å²) in [7, 11) is -3.95. The number of para-hydroxylation sites is 1. The van der Waals surface area contributed by atoms with Crippen LogP contribution in [0.1, 0.15) is 24.1 Å². The van der Waals surface area contributed by atoms with E-state index in [0.717, 1.165) is 15.4 Å². The molecule has 5 nitrogen and oxygen atoms in total. The maximum atomic E-state index is 13.3. The molecule has 0 aliphatic heterocycles. The van der Waals surface area contributed by atoms with Gasteiger partial charge in [0.15, 0.2) is 0 Å². The molecular weight excluding hydrogens is 403 g/mol. The average Bonchev–Trinajstić information content (AvgIpc) is 2.73. The molecule has 0 aliphatic rings. The fourth-order valence-corrected chi connectivity index (χ4v) is 4.42. The van der Waals surface area contributed by atoms with Gasteiger partial charge in [-0.1, -0.05) is 48.0 Å². The van der Waals surface area contributed by atoms with Gasteiger partial charge in [-0.25, -0.2) is 12.8 Å². The van der Waals surface area contributed by atoms with Crippen LogP contribution in [0.25, 0.3) is 0 Å². The SMILES string of the molecule is Cc1ccc(S(=O)(=O)N(CC(=O)N[C@H](C)c2ccc(F)cc2)c2ccccc2)cc1. The molecule has 1 N–H and O–H groups in total. The lowest BCUT2D eigenvalue weighted by Gasteiger charge is -2.25. The topological polar surface area (TPSA) is 66.5 Å². The fourth-order valence-electron chi connectivity index (χ4n) is 3.00. The lowest BCUT2D eigenvalue weighted by Crippen LogP contribution is -2.41. The van der Waals surface area contributed by atoms with Gasteiger partial charge in [-0.2, -0.15) is 0 Å². The maximum Gasteiger partial charge on any atom is 0.264 e. The molecule has 1 amide bonds. The third kappa shape index (κ3) is 5.04. The minimum absolute atomic E-state index is 0.108. The molecule has 0 bridgehead atoms. The van der Waals surface area contributed by atoms with Crippen LogP contribution >= 0.6 is 0 Å². The van der Waals surface area contributed by atoms with E-state index in [1.54, 1.807) is 61.5 Å². The van der Waals surface area contributed by atoms with Crippen LogP contribution in [-0.2, 0) is 14.8 Å². The van der Waals surface area contributed by atoms with E-state index in [4.69, 9.17) is 0 Å². The number of halogens is 1. The third-order valence-corrected chi connectivity index (χ3v) is 6.48. The van der Waals surface area contributed by atoms with Gasteiger partial charge in [-0.15, -0.1) is 0 Å². The normalized spacial score (nSPS) is 12.2. The number of hydrogen-bond donors (Lipinski definition) is 1. The molecule has 156 valence electrons. The summed E-state index contributed by atoms with van der Waals surface area (Å²) in [5, 5.41) is 2.78. The number of rotatable bonds is 7. The Morgan fingerprint density at radius 1 is 0.967 bits per heavy atom. The Morgan fingerprint density at radius 3 is 2.17 bits per heavy atom. The van der Waals surface area contributed by atoms with Crippen molar-refractivity contribution < 1.29 is 17.6 Å². The molecule has 0 unspecified atom stereocenters. The highest BCUT2D eigenvalue weighted by molar-refractivity contribution is 7.92. The van der Waals surface area contributed by atoms with E-state index in [2.05, 4.69) is 5.32 Å². The van der Waals surface area contributed by atoms with Gasteiger partial charge in [-0.05, 0) is 55.8 Å². The highest BCUT2D eigenvalue weighted by atomic mass is 32.2. The van der Waals surface area contributed by atoms with Gasteiger partial charge in [0.05, 0.1) is 16.6 Å². The van der Waals surface area contributed by atoms with Crippen LogP contribution in [0.4, 0.5) is 10.1 Å². The highest BCUT2D eigenvalue weighted by Gasteiger charge is 2.27. The number of hydrogen-bond acceptors (Lipinski definition) is 3. The Balaban J connectivity index is 1.85. The largest absolute Gasteiger partial charge is 0.348 e. The zero-order chi connectivity index (χ0) is 21.7. The summed E-state index contributed by atoms with van der Waals surface area (Å²) in [6, 6.07) is 20.4. The van der Waals surface area contributed by atoms with Gasteiger partial charge in [-0.3, -0.25) is 9.10 Å². The van der Waals surface area contributed by atoms with Crippen molar-refractivity contribution in [2.24, 2.45) is 0 Å². The van der Waals surface area contributed by atoms with Gasteiger partial charge in [0, 0.05) is 0 Å². The first-order valence-corrected chi connectivity index (χ1v) is 10.9. The number of carbonyl (C=O) groups is 1. The second-order valence-electron chi connectivity index (χ2n) is 7.00. The Kier molecular flexibility index (Phi) is 6.52. The first-order valence-electron chi connectivity index (χ1n) is 9.46. The number of nitrogens with one attached hydrogen (secondary N) is 1. The van der Waals surface area contributed by atoms with Crippen molar-refractivity contribution in [2.75, 3.05) is 10.8 Å². The zero-order valence-electron chi connectivity index (χ0n) is 16.7. The van der Waals surface area contributed by atoms with Crippen molar-refractivity contribution in [3.05, 3.63) is 95.8 Å². The summed E-state index contributed by atoms with van der Waals surface area (Å²) in [6.07, 6.45) is 0. The molecule has 0 heterocycles.